The summed E-state index contributed by atoms with van der Waals surface area (Å²) in [6.07, 6.45) is -0.694. The molecule has 1 atom stereocenters. The predicted molar refractivity (Wildman–Crippen MR) is 44.9 cm³/mol. The van der Waals surface area contributed by atoms with Gasteiger partial charge in [-0.05, 0) is 12.1 Å². The molecule has 0 aliphatic carbocycles. The van der Waals surface area contributed by atoms with Gasteiger partial charge in [0.05, 0.1) is 0 Å². The third kappa shape index (κ3) is 1.31. The second-order valence-electron chi connectivity index (χ2n) is 2.59. The average molecular weight is 163 g/mol. The smallest absolute Gasteiger partial charge is 0.218 e. The van der Waals surface area contributed by atoms with Gasteiger partial charge >= 0.3 is 0 Å². The number of aliphatic imine (C=N–C) groups is 1. The Morgan fingerprint density at radius 2 is 2.08 bits per heavy atom. The number of aliphatic hydroxyl groups is 1. The summed E-state index contributed by atoms with van der Waals surface area (Å²) in [5.41, 5.74) is 0.911. The van der Waals surface area contributed by atoms with Crippen LogP contribution in [0.3, 0.4) is 0 Å². The van der Waals surface area contributed by atoms with E-state index in [-0.39, 0.29) is 6.61 Å². The first-order chi connectivity index (χ1) is 5.86. The van der Waals surface area contributed by atoms with Gasteiger partial charge in [0.15, 0.2) is 6.23 Å². The monoisotopic (exact) mass is 163 g/mol. The predicted octanol–water partition coefficient (Wildman–Crippen LogP) is 0.782. The number of rotatable bonds is 1. The molecular formula is C9H9NO2. The Morgan fingerprint density at radius 1 is 1.33 bits per heavy atom. The normalized spacial score (nSPS) is 21.8. The van der Waals surface area contributed by atoms with Crippen LogP contribution in [0, 0.1) is 0 Å². The number of nitrogens with zero attached hydrogens (tertiary/aromatic N) is 1. The fraction of sp³-hybridized carbons (Fsp3) is 0.222. The molecule has 1 aromatic carbocycles. The lowest BCUT2D eigenvalue weighted by Crippen LogP contribution is -2.03. The van der Waals surface area contributed by atoms with E-state index in [9.17, 15) is 0 Å². The fourth-order valence-corrected chi connectivity index (χ4v) is 1.10. The molecule has 1 aromatic rings. The van der Waals surface area contributed by atoms with E-state index in [2.05, 4.69) is 4.99 Å². The van der Waals surface area contributed by atoms with Gasteiger partial charge in [0.1, 0.15) is 6.61 Å². The molecule has 3 heteroatoms. The highest BCUT2D eigenvalue weighted by Gasteiger charge is 2.16. The van der Waals surface area contributed by atoms with Crippen LogP contribution in [0.25, 0.3) is 0 Å². The van der Waals surface area contributed by atoms with Gasteiger partial charge in [0.25, 0.3) is 0 Å². The molecule has 1 N–H and O–H groups in total. The Morgan fingerprint density at radius 3 is 2.67 bits per heavy atom. The molecule has 0 aromatic heterocycles. The van der Waals surface area contributed by atoms with Crippen LogP contribution >= 0.6 is 0 Å². The molecule has 0 radical (unpaired) electrons. The van der Waals surface area contributed by atoms with E-state index >= 15 is 0 Å². The Hall–Kier alpha value is -1.35. The zero-order valence-electron chi connectivity index (χ0n) is 6.47. The third-order valence-corrected chi connectivity index (χ3v) is 1.66. The number of hydrogen-bond acceptors (Lipinski definition) is 3. The summed E-state index contributed by atoms with van der Waals surface area (Å²) in [5, 5.41) is 9.05. The van der Waals surface area contributed by atoms with Crippen molar-refractivity contribution in [3.05, 3.63) is 35.9 Å². The van der Waals surface area contributed by atoms with Gasteiger partial charge in [0.2, 0.25) is 5.90 Å². The van der Waals surface area contributed by atoms with Gasteiger partial charge in [-0.25, -0.2) is 4.99 Å². The second-order valence-corrected chi connectivity index (χ2v) is 2.59. The zero-order chi connectivity index (χ0) is 8.39. The number of aliphatic hydroxyl groups excluding tert-OH is 1. The van der Waals surface area contributed by atoms with E-state index in [0.29, 0.717) is 5.90 Å². The van der Waals surface area contributed by atoms with Crippen molar-refractivity contribution >= 4 is 5.90 Å². The molecule has 1 aliphatic rings. The van der Waals surface area contributed by atoms with Crippen LogP contribution in [-0.4, -0.2) is 23.8 Å². The van der Waals surface area contributed by atoms with Gasteiger partial charge in [-0.2, -0.15) is 0 Å². The van der Waals surface area contributed by atoms with E-state index in [1.165, 1.54) is 0 Å². The van der Waals surface area contributed by atoms with Crippen LogP contribution in [-0.2, 0) is 4.74 Å². The number of benzene rings is 1. The maximum Gasteiger partial charge on any atom is 0.218 e. The molecule has 0 saturated carbocycles. The molecule has 0 fully saturated rings. The number of hydrogen-bond donors (Lipinski definition) is 1. The van der Waals surface area contributed by atoms with Gasteiger partial charge in [-0.3, -0.25) is 0 Å². The van der Waals surface area contributed by atoms with Gasteiger partial charge in [-0.15, -0.1) is 0 Å². The molecule has 0 saturated heterocycles. The highest BCUT2D eigenvalue weighted by atomic mass is 16.5. The quantitative estimate of drug-likeness (QED) is 0.664. The molecular weight excluding hydrogens is 154 g/mol. The van der Waals surface area contributed by atoms with Crippen LogP contribution in [0.4, 0.5) is 0 Å². The molecule has 1 heterocycles. The van der Waals surface area contributed by atoms with Crippen LogP contribution in [0.5, 0.6) is 0 Å². The molecule has 1 aliphatic heterocycles. The zero-order valence-corrected chi connectivity index (χ0v) is 6.47. The fourth-order valence-electron chi connectivity index (χ4n) is 1.10. The average Bonchev–Trinajstić information content (AvgIpc) is 2.54. The summed E-state index contributed by atoms with van der Waals surface area (Å²) < 4.78 is 5.15. The summed E-state index contributed by atoms with van der Waals surface area (Å²) in [6.45, 7) is 0.268. The van der Waals surface area contributed by atoms with Crippen LogP contribution < -0.4 is 0 Å². The van der Waals surface area contributed by atoms with Crippen molar-refractivity contribution in [3.63, 3.8) is 0 Å². The van der Waals surface area contributed by atoms with Crippen molar-refractivity contribution in [2.45, 2.75) is 6.23 Å². The van der Waals surface area contributed by atoms with Crippen molar-refractivity contribution in [1.29, 1.82) is 0 Å². The molecule has 2 rings (SSSR count). The van der Waals surface area contributed by atoms with Crippen LogP contribution in [0.1, 0.15) is 5.56 Å². The van der Waals surface area contributed by atoms with Crippen molar-refractivity contribution < 1.29 is 9.84 Å². The first-order valence-corrected chi connectivity index (χ1v) is 3.80. The first kappa shape index (κ1) is 7.31. The topological polar surface area (TPSA) is 41.8 Å². The van der Waals surface area contributed by atoms with Crippen molar-refractivity contribution in [2.75, 3.05) is 6.61 Å². The summed E-state index contributed by atoms with van der Waals surface area (Å²) in [6, 6.07) is 9.54. The maximum atomic E-state index is 9.05. The van der Waals surface area contributed by atoms with E-state index in [1.54, 1.807) is 0 Å². The van der Waals surface area contributed by atoms with Crippen LogP contribution in [0.15, 0.2) is 35.3 Å². The van der Waals surface area contributed by atoms with Gasteiger partial charge in [-0.1, -0.05) is 18.2 Å². The van der Waals surface area contributed by atoms with E-state index < -0.39 is 6.23 Å². The molecule has 1 unspecified atom stereocenters. The molecule has 12 heavy (non-hydrogen) atoms. The maximum absolute atomic E-state index is 9.05. The molecule has 62 valence electrons. The first-order valence-electron chi connectivity index (χ1n) is 3.80. The summed E-state index contributed by atoms with van der Waals surface area (Å²) in [5.74, 6) is 0.531. The summed E-state index contributed by atoms with van der Waals surface area (Å²) in [4.78, 5) is 3.91. The van der Waals surface area contributed by atoms with Crippen molar-refractivity contribution in [2.24, 2.45) is 4.99 Å². The highest BCUT2D eigenvalue weighted by Crippen LogP contribution is 2.09. The van der Waals surface area contributed by atoms with Crippen molar-refractivity contribution in [3.8, 4) is 0 Å². The van der Waals surface area contributed by atoms with Crippen LogP contribution in [0.2, 0.25) is 0 Å². The lowest BCUT2D eigenvalue weighted by molar-refractivity contribution is 0.139. The standard InChI is InChI=1S/C9H9NO2/c11-8-6-12-9(10-8)7-4-2-1-3-5-7/h1-5,8,11H,6H2. The Labute approximate surface area is 70.3 Å². The van der Waals surface area contributed by atoms with Crippen molar-refractivity contribution in [1.82, 2.24) is 0 Å². The van der Waals surface area contributed by atoms with Gasteiger partial charge < -0.3 is 9.84 Å². The summed E-state index contributed by atoms with van der Waals surface area (Å²) in [7, 11) is 0. The Bertz CT molecular complexity index is 295. The minimum atomic E-state index is -0.694. The highest BCUT2D eigenvalue weighted by molar-refractivity contribution is 5.94. The number of ether oxygens (including phenoxy) is 1. The van der Waals surface area contributed by atoms with E-state index in [0.717, 1.165) is 5.56 Å². The minimum Gasteiger partial charge on any atom is -0.473 e. The van der Waals surface area contributed by atoms with E-state index in [1.807, 2.05) is 30.3 Å². The largest absolute Gasteiger partial charge is 0.473 e. The molecule has 0 spiro atoms. The minimum absolute atomic E-state index is 0.268. The Kier molecular flexibility index (Phi) is 1.80. The molecule has 0 bridgehead atoms. The lowest BCUT2D eigenvalue weighted by Gasteiger charge is -1.98. The molecule has 3 nitrogen and oxygen atoms in total. The Balaban J connectivity index is 2.27. The van der Waals surface area contributed by atoms with Gasteiger partial charge in [0, 0.05) is 5.56 Å². The van der Waals surface area contributed by atoms with E-state index in [4.69, 9.17) is 9.84 Å². The lowest BCUT2D eigenvalue weighted by atomic mass is 10.2. The summed E-state index contributed by atoms with van der Waals surface area (Å²) >= 11 is 0. The molecule has 0 amide bonds. The third-order valence-electron chi connectivity index (χ3n) is 1.66. The SMILES string of the molecule is OC1COC(c2ccccc2)=N1. The second kappa shape index (κ2) is 2.95.